The van der Waals surface area contributed by atoms with Gasteiger partial charge < -0.3 is 10.4 Å². The molecule has 1 rings (SSSR count). The first-order valence-electron chi connectivity index (χ1n) is 5.02. The van der Waals surface area contributed by atoms with Crippen molar-refractivity contribution in [1.82, 2.24) is 10.3 Å². The number of aliphatic hydroxyl groups is 1. The normalized spacial score (nSPS) is 15.1. The van der Waals surface area contributed by atoms with Crippen LogP contribution in [0, 0.1) is 0 Å². The highest BCUT2D eigenvalue weighted by Gasteiger charge is 2.08. The minimum atomic E-state index is 0.225. The maximum atomic E-state index is 8.76. The fraction of sp³-hybridized carbons (Fsp3) is 0.545. The van der Waals surface area contributed by atoms with Gasteiger partial charge in [0.2, 0.25) is 0 Å². The van der Waals surface area contributed by atoms with Crippen LogP contribution in [0.3, 0.4) is 0 Å². The van der Waals surface area contributed by atoms with Crippen molar-refractivity contribution in [2.45, 2.75) is 32.4 Å². The van der Waals surface area contributed by atoms with Crippen molar-refractivity contribution in [3.05, 3.63) is 30.1 Å². The second-order valence-corrected chi connectivity index (χ2v) is 3.56. The first-order chi connectivity index (χ1) is 6.74. The number of rotatable bonds is 5. The molecular weight excluding hydrogens is 176 g/mol. The zero-order valence-electron chi connectivity index (χ0n) is 8.77. The summed E-state index contributed by atoms with van der Waals surface area (Å²) in [6.07, 6.45) is 2.57. The van der Waals surface area contributed by atoms with E-state index in [0.29, 0.717) is 6.04 Å². The summed E-state index contributed by atoms with van der Waals surface area (Å²) in [7, 11) is 0. The molecule has 0 bridgehead atoms. The smallest absolute Gasteiger partial charge is 0.0570 e. The Morgan fingerprint density at radius 1 is 1.43 bits per heavy atom. The number of aromatic nitrogens is 1. The number of nitrogens with zero attached hydrogens (tertiary/aromatic N) is 1. The maximum absolute atomic E-state index is 8.76. The molecule has 0 spiro atoms. The molecule has 2 atom stereocenters. The topological polar surface area (TPSA) is 45.1 Å². The van der Waals surface area contributed by atoms with E-state index in [1.165, 1.54) is 0 Å². The van der Waals surface area contributed by atoms with E-state index >= 15 is 0 Å². The van der Waals surface area contributed by atoms with Crippen LogP contribution in [-0.4, -0.2) is 22.7 Å². The van der Waals surface area contributed by atoms with Crippen molar-refractivity contribution in [2.75, 3.05) is 6.61 Å². The predicted molar refractivity (Wildman–Crippen MR) is 57.0 cm³/mol. The number of hydrogen-bond acceptors (Lipinski definition) is 3. The summed E-state index contributed by atoms with van der Waals surface area (Å²) in [5.41, 5.74) is 1.04. The summed E-state index contributed by atoms with van der Waals surface area (Å²) >= 11 is 0. The molecule has 1 aromatic heterocycles. The van der Waals surface area contributed by atoms with Crippen LogP contribution in [0.1, 0.15) is 32.0 Å². The van der Waals surface area contributed by atoms with E-state index in [1.807, 2.05) is 18.2 Å². The molecule has 0 saturated carbocycles. The highest BCUT2D eigenvalue weighted by molar-refractivity contribution is 5.07. The Bertz CT molecular complexity index is 251. The Hall–Kier alpha value is -0.930. The van der Waals surface area contributed by atoms with E-state index in [2.05, 4.69) is 24.1 Å². The van der Waals surface area contributed by atoms with Gasteiger partial charge in [-0.15, -0.1) is 0 Å². The summed E-state index contributed by atoms with van der Waals surface area (Å²) in [6.45, 7) is 4.37. The molecule has 1 heterocycles. The van der Waals surface area contributed by atoms with E-state index in [9.17, 15) is 0 Å². The summed E-state index contributed by atoms with van der Waals surface area (Å²) < 4.78 is 0. The van der Waals surface area contributed by atoms with Gasteiger partial charge in [-0.3, -0.25) is 4.98 Å². The SMILES string of the molecule is CC(CCO)NC(C)c1ccccn1. The van der Waals surface area contributed by atoms with Gasteiger partial charge in [0.05, 0.1) is 5.69 Å². The quantitative estimate of drug-likeness (QED) is 0.746. The van der Waals surface area contributed by atoms with Crippen LogP contribution in [0.5, 0.6) is 0 Å². The van der Waals surface area contributed by atoms with Gasteiger partial charge in [0.25, 0.3) is 0 Å². The van der Waals surface area contributed by atoms with E-state index < -0.39 is 0 Å². The fourth-order valence-electron chi connectivity index (χ4n) is 1.42. The lowest BCUT2D eigenvalue weighted by atomic mass is 10.1. The van der Waals surface area contributed by atoms with Crippen LogP contribution in [0.25, 0.3) is 0 Å². The molecule has 0 aliphatic carbocycles. The standard InChI is InChI=1S/C11H18N2O/c1-9(6-8-14)13-10(2)11-5-3-4-7-12-11/h3-5,7,9-10,13-14H,6,8H2,1-2H3. The molecule has 0 fully saturated rings. The third-order valence-electron chi connectivity index (χ3n) is 2.23. The van der Waals surface area contributed by atoms with E-state index in [1.54, 1.807) is 6.20 Å². The van der Waals surface area contributed by atoms with E-state index in [4.69, 9.17) is 5.11 Å². The van der Waals surface area contributed by atoms with Crippen LogP contribution >= 0.6 is 0 Å². The lowest BCUT2D eigenvalue weighted by molar-refractivity contribution is 0.264. The molecule has 78 valence electrons. The molecule has 1 aromatic rings. The number of nitrogens with one attached hydrogen (secondary N) is 1. The minimum Gasteiger partial charge on any atom is -0.396 e. The van der Waals surface area contributed by atoms with E-state index in [0.717, 1.165) is 12.1 Å². The Morgan fingerprint density at radius 2 is 2.21 bits per heavy atom. The van der Waals surface area contributed by atoms with Gasteiger partial charge in [0.1, 0.15) is 0 Å². The lowest BCUT2D eigenvalue weighted by Gasteiger charge is -2.18. The highest BCUT2D eigenvalue weighted by atomic mass is 16.3. The van der Waals surface area contributed by atoms with Gasteiger partial charge in [0.15, 0.2) is 0 Å². The molecular formula is C11H18N2O. The molecule has 14 heavy (non-hydrogen) atoms. The number of hydrogen-bond donors (Lipinski definition) is 2. The molecule has 2 N–H and O–H groups in total. The van der Waals surface area contributed by atoms with Gasteiger partial charge in [0, 0.05) is 24.9 Å². The van der Waals surface area contributed by atoms with Crippen LogP contribution in [-0.2, 0) is 0 Å². The molecule has 0 saturated heterocycles. The van der Waals surface area contributed by atoms with Crippen molar-refractivity contribution in [1.29, 1.82) is 0 Å². The van der Waals surface area contributed by atoms with Gasteiger partial charge in [-0.1, -0.05) is 6.07 Å². The van der Waals surface area contributed by atoms with Crippen LogP contribution in [0.2, 0.25) is 0 Å². The maximum Gasteiger partial charge on any atom is 0.0570 e. The molecule has 0 aliphatic rings. The predicted octanol–water partition coefficient (Wildman–Crippen LogP) is 1.50. The van der Waals surface area contributed by atoms with Crippen LogP contribution in [0.15, 0.2) is 24.4 Å². The Balaban J connectivity index is 2.46. The Kier molecular flexibility index (Phi) is 4.56. The average Bonchev–Trinajstić information content (AvgIpc) is 2.19. The van der Waals surface area contributed by atoms with Crippen molar-refractivity contribution < 1.29 is 5.11 Å². The van der Waals surface area contributed by atoms with Gasteiger partial charge in [-0.05, 0) is 32.4 Å². The molecule has 0 aromatic carbocycles. The lowest BCUT2D eigenvalue weighted by Crippen LogP contribution is -2.30. The van der Waals surface area contributed by atoms with Crippen LogP contribution in [0.4, 0.5) is 0 Å². The van der Waals surface area contributed by atoms with Crippen molar-refractivity contribution in [3.63, 3.8) is 0 Å². The molecule has 3 nitrogen and oxygen atoms in total. The van der Waals surface area contributed by atoms with Crippen molar-refractivity contribution in [3.8, 4) is 0 Å². The van der Waals surface area contributed by atoms with Gasteiger partial charge in [-0.25, -0.2) is 0 Å². The van der Waals surface area contributed by atoms with Crippen molar-refractivity contribution >= 4 is 0 Å². The molecule has 0 aliphatic heterocycles. The van der Waals surface area contributed by atoms with E-state index in [-0.39, 0.29) is 12.6 Å². The highest BCUT2D eigenvalue weighted by Crippen LogP contribution is 2.09. The minimum absolute atomic E-state index is 0.225. The fourth-order valence-corrected chi connectivity index (χ4v) is 1.42. The largest absolute Gasteiger partial charge is 0.396 e. The third kappa shape index (κ3) is 3.44. The average molecular weight is 194 g/mol. The summed E-state index contributed by atoms with van der Waals surface area (Å²) in [5, 5.41) is 12.1. The number of aliphatic hydroxyl groups excluding tert-OH is 1. The zero-order chi connectivity index (χ0) is 10.4. The summed E-state index contributed by atoms with van der Waals surface area (Å²) in [4.78, 5) is 4.27. The summed E-state index contributed by atoms with van der Waals surface area (Å²) in [5.74, 6) is 0. The second-order valence-electron chi connectivity index (χ2n) is 3.56. The Morgan fingerprint density at radius 3 is 2.79 bits per heavy atom. The second kappa shape index (κ2) is 5.73. The van der Waals surface area contributed by atoms with Gasteiger partial charge in [-0.2, -0.15) is 0 Å². The van der Waals surface area contributed by atoms with Crippen LogP contribution < -0.4 is 5.32 Å². The first kappa shape index (κ1) is 11.1. The monoisotopic (exact) mass is 194 g/mol. The molecule has 0 amide bonds. The first-order valence-corrected chi connectivity index (χ1v) is 5.02. The number of pyridine rings is 1. The molecule has 2 unspecified atom stereocenters. The third-order valence-corrected chi connectivity index (χ3v) is 2.23. The molecule has 0 radical (unpaired) electrons. The van der Waals surface area contributed by atoms with Gasteiger partial charge >= 0.3 is 0 Å². The Labute approximate surface area is 85.2 Å². The van der Waals surface area contributed by atoms with Crippen molar-refractivity contribution in [2.24, 2.45) is 0 Å². The summed E-state index contributed by atoms with van der Waals surface area (Å²) in [6, 6.07) is 6.45. The zero-order valence-corrected chi connectivity index (χ0v) is 8.77. The molecule has 3 heteroatoms.